The zero-order chi connectivity index (χ0) is 23.7. The summed E-state index contributed by atoms with van der Waals surface area (Å²) in [6.07, 6.45) is 2.18. The number of anilines is 1. The monoisotopic (exact) mass is 456 g/mol. The lowest BCUT2D eigenvalue weighted by atomic mass is 9.80. The van der Waals surface area contributed by atoms with Crippen LogP contribution >= 0.6 is 0 Å². The number of rotatable bonds is 7. The quantitative estimate of drug-likeness (QED) is 0.469. The number of aromatic amines is 1. The number of nitrogens with one attached hydrogen (secondary N) is 3. The highest BCUT2D eigenvalue weighted by Gasteiger charge is 2.36. The number of carbonyl (C=O) groups excluding carboxylic acids is 3. The minimum absolute atomic E-state index is 0.0246. The summed E-state index contributed by atoms with van der Waals surface area (Å²) in [5.74, 6) is 0.284. The van der Waals surface area contributed by atoms with Crippen LogP contribution < -0.4 is 15.4 Å². The number of ether oxygens (including phenoxy) is 2. The summed E-state index contributed by atoms with van der Waals surface area (Å²) in [5, 5.41) is 22.7. The first-order chi connectivity index (χ1) is 15.8. The molecule has 10 nitrogen and oxygen atoms in total. The Balaban J connectivity index is 1.33. The zero-order valence-corrected chi connectivity index (χ0v) is 18.8. The summed E-state index contributed by atoms with van der Waals surface area (Å²) < 4.78 is 10.7. The van der Waals surface area contributed by atoms with Crippen molar-refractivity contribution in [3.8, 4) is 11.5 Å². The second kappa shape index (κ2) is 9.13. The van der Waals surface area contributed by atoms with Gasteiger partial charge >= 0.3 is 6.09 Å². The number of phenols is 1. The number of amides is 2. The summed E-state index contributed by atoms with van der Waals surface area (Å²) in [6, 6.07) is 3.22. The molecule has 1 heterocycles. The molecule has 2 amide bonds. The lowest BCUT2D eigenvalue weighted by Crippen LogP contribution is -2.38. The van der Waals surface area contributed by atoms with Crippen molar-refractivity contribution >= 4 is 24.1 Å². The molecule has 33 heavy (non-hydrogen) atoms. The predicted octanol–water partition coefficient (Wildman–Crippen LogP) is 2.67. The number of aromatic nitrogens is 2. The van der Waals surface area contributed by atoms with E-state index in [1.54, 1.807) is 6.07 Å². The molecule has 0 saturated heterocycles. The fraction of sp³-hybridized carbons (Fsp3) is 0.478. The molecule has 0 bridgehead atoms. The number of methoxy groups -OCH3 is 1. The Kier molecular flexibility index (Phi) is 6.26. The standard InChI is InChI=1S/C23H28N4O6/c1-11(2)24-23(31)33-14-4-12(5-14)18-8-21(27-26-18)25-22(30)13-6-15-16(7-13)20(32-3)9-19(29)17(15)10-28/h8-14,29H,4-7H2,1-3H3,(H,24,31)(H2,25,26,27,30). The lowest BCUT2D eigenvalue weighted by molar-refractivity contribution is -0.119. The third-order valence-corrected chi connectivity index (χ3v) is 6.20. The molecule has 10 heteroatoms. The van der Waals surface area contributed by atoms with Crippen molar-refractivity contribution in [3.05, 3.63) is 34.5 Å². The number of benzene rings is 1. The van der Waals surface area contributed by atoms with Crippen molar-refractivity contribution in [1.29, 1.82) is 0 Å². The van der Waals surface area contributed by atoms with Gasteiger partial charge in [0, 0.05) is 35.7 Å². The number of H-pyrrole nitrogens is 1. The van der Waals surface area contributed by atoms with Crippen LogP contribution in [0.25, 0.3) is 0 Å². The molecule has 176 valence electrons. The van der Waals surface area contributed by atoms with Gasteiger partial charge in [0.2, 0.25) is 5.91 Å². The smallest absolute Gasteiger partial charge is 0.407 e. The largest absolute Gasteiger partial charge is 0.507 e. The normalized spacial score (nSPS) is 21.2. The Labute approximate surface area is 191 Å². The highest BCUT2D eigenvalue weighted by molar-refractivity contribution is 5.94. The van der Waals surface area contributed by atoms with Gasteiger partial charge in [0.15, 0.2) is 12.1 Å². The second-order valence-electron chi connectivity index (χ2n) is 8.88. The van der Waals surface area contributed by atoms with Gasteiger partial charge in [-0.05, 0) is 50.7 Å². The zero-order valence-electron chi connectivity index (χ0n) is 18.8. The van der Waals surface area contributed by atoms with Gasteiger partial charge in [0.05, 0.1) is 12.7 Å². The van der Waals surface area contributed by atoms with Gasteiger partial charge in [0.1, 0.15) is 17.6 Å². The van der Waals surface area contributed by atoms with E-state index in [1.807, 2.05) is 13.8 Å². The van der Waals surface area contributed by atoms with E-state index in [-0.39, 0.29) is 35.3 Å². The molecule has 1 saturated carbocycles. The molecule has 1 fully saturated rings. The van der Waals surface area contributed by atoms with Crippen LogP contribution in [-0.2, 0) is 22.4 Å². The summed E-state index contributed by atoms with van der Waals surface area (Å²) in [6.45, 7) is 3.74. The Morgan fingerprint density at radius 3 is 2.64 bits per heavy atom. The number of aromatic hydroxyl groups is 1. The molecule has 4 rings (SSSR count). The summed E-state index contributed by atoms with van der Waals surface area (Å²) in [7, 11) is 1.49. The van der Waals surface area contributed by atoms with Gasteiger partial charge in [-0.25, -0.2) is 4.79 Å². The number of hydrogen-bond donors (Lipinski definition) is 4. The summed E-state index contributed by atoms with van der Waals surface area (Å²) in [5.41, 5.74) is 2.49. The van der Waals surface area contributed by atoms with Crippen LogP contribution in [0.5, 0.6) is 11.5 Å². The first-order valence-corrected chi connectivity index (χ1v) is 11.0. The molecular formula is C23H28N4O6. The molecular weight excluding hydrogens is 428 g/mol. The van der Waals surface area contributed by atoms with Crippen molar-refractivity contribution < 1.29 is 29.0 Å². The molecule has 1 unspecified atom stereocenters. The number of carbonyl (C=O) groups is 3. The van der Waals surface area contributed by atoms with E-state index in [0.29, 0.717) is 49.1 Å². The maximum Gasteiger partial charge on any atom is 0.407 e. The minimum atomic E-state index is -0.411. The Morgan fingerprint density at radius 2 is 1.97 bits per heavy atom. The maximum atomic E-state index is 12.9. The number of nitrogens with zero attached hydrogens (tertiary/aromatic N) is 1. The summed E-state index contributed by atoms with van der Waals surface area (Å²) >= 11 is 0. The molecule has 2 aliphatic carbocycles. The van der Waals surface area contributed by atoms with Gasteiger partial charge in [-0.1, -0.05) is 0 Å². The third kappa shape index (κ3) is 4.64. The van der Waals surface area contributed by atoms with Crippen molar-refractivity contribution in [2.45, 2.75) is 57.6 Å². The second-order valence-corrected chi connectivity index (χ2v) is 8.88. The minimum Gasteiger partial charge on any atom is -0.507 e. The van der Waals surface area contributed by atoms with Gasteiger partial charge < -0.3 is 25.2 Å². The van der Waals surface area contributed by atoms with Crippen molar-refractivity contribution in [1.82, 2.24) is 15.5 Å². The maximum absolute atomic E-state index is 12.9. The van der Waals surface area contributed by atoms with Gasteiger partial charge in [0.25, 0.3) is 0 Å². The molecule has 0 spiro atoms. The van der Waals surface area contributed by atoms with Crippen LogP contribution in [0.3, 0.4) is 0 Å². The van der Waals surface area contributed by atoms with Gasteiger partial charge in [-0.15, -0.1) is 0 Å². The van der Waals surface area contributed by atoms with Gasteiger partial charge in [-0.3, -0.25) is 14.7 Å². The third-order valence-electron chi connectivity index (χ3n) is 6.20. The van der Waals surface area contributed by atoms with E-state index in [2.05, 4.69) is 20.8 Å². The highest BCUT2D eigenvalue weighted by atomic mass is 16.6. The Bertz CT molecular complexity index is 1070. The van der Waals surface area contributed by atoms with E-state index < -0.39 is 12.0 Å². The topological polar surface area (TPSA) is 143 Å². The number of aldehydes is 1. The van der Waals surface area contributed by atoms with Crippen LogP contribution in [0, 0.1) is 5.92 Å². The average molecular weight is 456 g/mol. The predicted molar refractivity (Wildman–Crippen MR) is 119 cm³/mol. The fourth-order valence-corrected chi connectivity index (χ4v) is 4.45. The average Bonchev–Trinajstić information content (AvgIpc) is 3.36. The van der Waals surface area contributed by atoms with Crippen LogP contribution in [0.15, 0.2) is 12.1 Å². The van der Waals surface area contributed by atoms with Crippen LogP contribution in [0.4, 0.5) is 10.6 Å². The SMILES string of the molecule is COc1cc(O)c(C=O)c2c1CC(C(=O)Nc1cc(C3CC(OC(=O)NC(C)C)C3)[nH]n1)C2. The van der Waals surface area contributed by atoms with Crippen LogP contribution in [0.1, 0.15) is 59.8 Å². The molecule has 2 aromatic rings. The molecule has 1 aromatic heterocycles. The highest BCUT2D eigenvalue weighted by Crippen LogP contribution is 2.41. The van der Waals surface area contributed by atoms with Crippen molar-refractivity contribution in [3.63, 3.8) is 0 Å². The van der Waals surface area contributed by atoms with Gasteiger partial charge in [-0.2, -0.15) is 5.10 Å². The first-order valence-electron chi connectivity index (χ1n) is 11.0. The van der Waals surface area contributed by atoms with E-state index in [1.165, 1.54) is 13.2 Å². The van der Waals surface area contributed by atoms with Crippen LogP contribution in [-0.4, -0.2) is 52.8 Å². The van der Waals surface area contributed by atoms with Crippen LogP contribution in [0.2, 0.25) is 0 Å². The Morgan fingerprint density at radius 1 is 1.24 bits per heavy atom. The Hall–Kier alpha value is -3.56. The van der Waals surface area contributed by atoms with E-state index in [0.717, 1.165) is 11.3 Å². The fourth-order valence-electron chi connectivity index (χ4n) is 4.45. The number of fused-ring (bicyclic) bond motifs is 1. The van der Waals surface area contributed by atoms with Crippen molar-refractivity contribution in [2.75, 3.05) is 12.4 Å². The number of hydrogen-bond acceptors (Lipinski definition) is 7. The molecule has 1 aromatic carbocycles. The number of phenolic OH excluding ortho intramolecular Hbond substituents is 1. The number of alkyl carbamates (subject to hydrolysis) is 1. The van der Waals surface area contributed by atoms with Crippen molar-refractivity contribution in [2.24, 2.45) is 5.92 Å². The lowest BCUT2D eigenvalue weighted by Gasteiger charge is -2.33. The molecule has 0 aliphatic heterocycles. The molecule has 2 aliphatic rings. The molecule has 0 radical (unpaired) electrons. The van der Waals surface area contributed by atoms with E-state index in [9.17, 15) is 19.5 Å². The van der Waals surface area contributed by atoms with E-state index in [4.69, 9.17) is 9.47 Å². The van der Waals surface area contributed by atoms with E-state index >= 15 is 0 Å². The summed E-state index contributed by atoms with van der Waals surface area (Å²) in [4.78, 5) is 36.0. The molecule has 4 N–H and O–H groups in total. The first kappa shape index (κ1) is 22.6. The molecule has 1 atom stereocenters.